The highest BCUT2D eigenvalue weighted by Crippen LogP contribution is 2.53. The van der Waals surface area contributed by atoms with E-state index in [1.807, 2.05) is 0 Å². The number of hydrogen-bond acceptors (Lipinski definition) is 0. The van der Waals surface area contributed by atoms with Gasteiger partial charge in [-0.3, -0.25) is 0 Å². The minimum Gasteiger partial charge on any atom is -0.0882 e. The maximum absolute atomic E-state index is 2.58. The number of aryl methyl sites for hydroxylation is 1. The molecule has 0 aromatic heterocycles. The zero-order valence-corrected chi connectivity index (χ0v) is 15.6. The maximum Gasteiger partial charge on any atom is -0.0136 e. The fourth-order valence-corrected chi connectivity index (χ4v) is 4.79. The standard InChI is InChI=1S/C24H34/c1-3-4-5-6-7-8-9-23-21-15-16-22(18-21)24(23)17-14-20-12-10-19(2)11-13-20/h8-14,17,21-24H,3-7,15-16,18H2,1-2H3/b9-8+,17-14+/t21-,22+,23+,24-/m0/s1. The molecule has 2 aliphatic carbocycles. The Labute approximate surface area is 149 Å². The average molecular weight is 323 g/mol. The second kappa shape index (κ2) is 8.70. The Morgan fingerprint density at radius 1 is 0.917 bits per heavy atom. The second-order valence-electron chi connectivity index (χ2n) is 8.04. The van der Waals surface area contributed by atoms with Gasteiger partial charge < -0.3 is 0 Å². The molecule has 2 aliphatic rings. The SMILES string of the molecule is CCCCCC/C=C/[C@@H]1[C@H]2CC[C@H](C2)[C@@H]1/C=C/c1ccc(C)cc1. The molecule has 1 aromatic rings. The van der Waals surface area contributed by atoms with Crippen LogP contribution in [0.5, 0.6) is 0 Å². The molecule has 0 heteroatoms. The predicted molar refractivity (Wildman–Crippen MR) is 106 cm³/mol. The number of allylic oxidation sites excluding steroid dienone is 3. The van der Waals surface area contributed by atoms with Crippen molar-refractivity contribution >= 4 is 6.08 Å². The smallest absolute Gasteiger partial charge is 0.0136 e. The van der Waals surface area contributed by atoms with Crippen LogP contribution < -0.4 is 0 Å². The van der Waals surface area contributed by atoms with Gasteiger partial charge >= 0.3 is 0 Å². The third-order valence-electron chi connectivity index (χ3n) is 6.22. The van der Waals surface area contributed by atoms with Crippen LogP contribution in [0.1, 0.15) is 69.4 Å². The Kier molecular flexibility index (Phi) is 6.35. The first-order valence-corrected chi connectivity index (χ1v) is 10.2. The van der Waals surface area contributed by atoms with Crippen molar-refractivity contribution < 1.29 is 0 Å². The molecular weight excluding hydrogens is 288 g/mol. The summed E-state index contributed by atoms with van der Waals surface area (Å²) in [5.41, 5.74) is 2.70. The van der Waals surface area contributed by atoms with Crippen molar-refractivity contribution in [2.75, 3.05) is 0 Å². The highest BCUT2D eigenvalue weighted by Gasteiger charge is 2.44. The van der Waals surface area contributed by atoms with E-state index < -0.39 is 0 Å². The van der Waals surface area contributed by atoms with Crippen molar-refractivity contribution in [3.05, 3.63) is 53.6 Å². The fraction of sp³-hybridized carbons (Fsp3) is 0.583. The van der Waals surface area contributed by atoms with Gasteiger partial charge in [-0.05, 0) is 68.3 Å². The lowest BCUT2D eigenvalue weighted by atomic mass is 9.78. The maximum atomic E-state index is 2.58. The van der Waals surface area contributed by atoms with Gasteiger partial charge in [-0.1, -0.05) is 80.3 Å². The summed E-state index contributed by atoms with van der Waals surface area (Å²) in [5.74, 6) is 3.47. The Hall–Kier alpha value is -1.30. The monoisotopic (exact) mass is 322 g/mol. The van der Waals surface area contributed by atoms with Gasteiger partial charge in [0.25, 0.3) is 0 Å². The lowest BCUT2D eigenvalue weighted by Gasteiger charge is -2.26. The topological polar surface area (TPSA) is 0 Å². The molecular formula is C24H34. The lowest BCUT2D eigenvalue weighted by Crippen LogP contribution is -2.18. The Balaban J connectivity index is 1.58. The molecule has 1 aromatic carbocycles. The molecule has 0 radical (unpaired) electrons. The molecule has 2 fully saturated rings. The van der Waals surface area contributed by atoms with Crippen LogP contribution in [0, 0.1) is 30.6 Å². The zero-order valence-electron chi connectivity index (χ0n) is 15.6. The minimum atomic E-state index is 0.775. The third-order valence-corrected chi connectivity index (χ3v) is 6.22. The van der Waals surface area contributed by atoms with Crippen molar-refractivity contribution in [3.8, 4) is 0 Å². The minimum absolute atomic E-state index is 0.775. The molecule has 0 unspecified atom stereocenters. The summed E-state index contributed by atoms with van der Waals surface area (Å²) >= 11 is 0. The van der Waals surface area contributed by atoms with Crippen LogP contribution in [0.3, 0.4) is 0 Å². The average Bonchev–Trinajstić information content (AvgIpc) is 3.19. The molecule has 0 heterocycles. The van der Waals surface area contributed by atoms with Gasteiger partial charge in [0.2, 0.25) is 0 Å². The van der Waals surface area contributed by atoms with Crippen LogP contribution in [0.15, 0.2) is 42.5 Å². The van der Waals surface area contributed by atoms with Gasteiger partial charge in [0.15, 0.2) is 0 Å². The van der Waals surface area contributed by atoms with E-state index in [9.17, 15) is 0 Å². The van der Waals surface area contributed by atoms with Crippen LogP contribution >= 0.6 is 0 Å². The first-order chi connectivity index (χ1) is 11.8. The molecule has 24 heavy (non-hydrogen) atoms. The third kappa shape index (κ3) is 4.41. The largest absolute Gasteiger partial charge is 0.0882 e. The van der Waals surface area contributed by atoms with Crippen molar-refractivity contribution in [3.63, 3.8) is 0 Å². The number of fused-ring (bicyclic) bond motifs is 2. The lowest BCUT2D eigenvalue weighted by molar-refractivity contribution is 0.318. The Morgan fingerprint density at radius 3 is 2.33 bits per heavy atom. The van der Waals surface area contributed by atoms with E-state index >= 15 is 0 Å². The highest BCUT2D eigenvalue weighted by atomic mass is 14.5. The van der Waals surface area contributed by atoms with E-state index in [0.717, 1.165) is 23.7 Å². The van der Waals surface area contributed by atoms with Gasteiger partial charge in [-0.25, -0.2) is 0 Å². The molecule has 130 valence electrons. The van der Waals surface area contributed by atoms with Gasteiger partial charge in [0, 0.05) is 0 Å². The number of benzene rings is 1. The highest BCUT2D eigenvalue weighted by molar-refractivity contribution is 5.50. The summed E-state index contributed by atoms with van der Waals surface area (Å²) in [7, 11) is 0. The van der Waals surface area contributed by atoms with E-state index in [0.29, 0.717) is 0 Å². The van der Waals surface area contributed by atoms with Crippen LogP contribution in [0.2, 0.25) is 0 Å². The predicted octanol–water partition coefficient (Wildman–Crippen LogP) is 7.20. The Morgan fingerprint density at radius 2 is 1.62 bits per heavy atom. The van der Waals surface area contributed by atoms with Crippen LogP contribution in [0.4, 0.5) is 0 Å². The van der Waals surface area contributed by atoms with E-state index in [1.165, 1.54) is 62.5 Å². The number of hydrogen-bond donors (Lipinski definition) is 0. The van der Waals surface area contributed by atoms with Crippen LogP contribution in [0.25, 0.3) is 6.08 Å². The van der Waals surface area contributed by atoms with Crippen molar-refractivity contribution in [1.29, 1.82) is 0 Å². The van der Waals surface area contributed by atoms with Crippen molar-refractivity contribution in [2.24, 2.45) is 23.7 Å². The number of unbranched alkanes of at least 4 members (excludes halogenated alkanes) is 4. The van der Waals surface area contributed by atoms with Crippen LogP contribution in [-0.4, -0.2) is 0 Å². The van der Waals surface area contributed by atoms with Gasteiger partial charge in [-0.15, -0.1) is 0 Å². The number of rotatable bonds is 8. The molecule has 2 bridgehead atoms. The first-order valence-electron chi connectivity index (χ1n) is 10.2. The Bertz CT molecular complexity index is 548. The van der Waals surface area contributed by atoms with Gasteiger partial charge in [-0.2, -0.15) is 0 Å². The van der Waals surface area contributed by atoms with Crippen molar-refractivity contribution in [2.45, 2.75) is 65.2 Å². The summed E-state index contributed by atoms with van der Waals surface area (Å²) in [5, 5.41) is 0. The second-order valence-corrected chi connectivity index (χ2v) is 8.04. The molecule has 0 aliphatic heterocycles. The molecule has 0 saturated heterocycles. The molecule has 4 atom stereocenters. The normalized spacial score (nSPS) is 29.2. The van der Waals surface area contributed by atoms with E-state index in [-0.39, 0.29) is 0 Å². The first kappa shape index (κ1) is 17.5. The van der Waals surface area contributed by atoms with E-state index in [1.54, 1.807) is 0 Å². The van der Waals surface area contributed by atoms with Crippen LogP contribution in [-0.2, 0) is 0 Å². The zero-order chi connectivity index (χ0) is 16.8. The molecule has 0 nitrogen and oxygen atoms in total. The molecule has 2 saturated carbocycles. The molecule has 0 spiro atoms. The summed E-state index contributed by atoms with van der Waals surface area (Å²) in [4.78, 5) is 0. The summed E-state index contributed by atoms with van der Waals surface area (Å²) in [6.45, 7) is 4.45. The van der Waals surface area contributed by atoms with Gasteiger partial charge in [0.1, 0.15) is 0 Å². The summed E-state index contributed by atoms with van der Waals surface area (Å²) in [6.07, 6.45) is 21.1. The molecule has 0 amide bonds. The fourth-order valence-electron chi connectivity index (χ4n) is 4.79. The van der Waals surface area contributed by atoms with Gasteiger partial charge in [0.05, 0.1) is 0 Å². The van der Waals surface area contributed by atoms with E-state index in [2.05, 4.69) is 62.4 Å². The summed E-state index contributed by atoms with van der Waals surface area (Å²) < 4.78 is 0. The summed E-state index contributed by atoms with van der Waals surface area (Å²) in [6, 6.07) is 8.93. The van der Waals surface area contributed by atoms with Crippen molar-refractivity contribution in [1.82, 2.24) is 0 Å². The molecule has 3 rings (SSSR count). The molecule has 0 N–H and O–H groups in total. The quantitative estimate of drug-likeness (QED) is 0.351. The van der Waals surface area contributed by atoms with E-state index in [4.69, 9.17) is 0 Å².